The fourth-order valence-corrected chi connectivity index (χ4v) is 4.07. The van der Waals surface area contributed by atoms with Gasteiger partial charge in [0.2, 0.25) is 0 Å². The maximum absolute atomic E-state index is 12.6. The molecule has 0 atom stereocenters. The molecule has 3 rings (SSSR count). The second-order valence-corrected chi connectivity index (χ2v) is 7.95. The lowest BCUT2D eigenvalue weighted by molar-refractivity contribution is -0.121. The fourth-order valence-electron chi connectivity index (χ4n) is 2.45. The Morgan fingerprint density at radius 3 is 2.75 bits per heavy atom. The number of aliphatic imine (C=N–C) groups is 1. The Labute approximate surface area is 178 Å². The summed E-state index contributed by atoms with van der Waals surface area (Å²) in [6, 6.07) is 9.59. The fraction of sp³-hybridized carbons (Fsp3) is 0.105. The number of rotatable bonds is 4. The van der Waals surface area contributed by atoms with E-state index in [2.05, 4.69) is 4.99 Å². The van der Waals surface area contributed by atoms with Crippen LogP contribution < -0.4 is 4.74 Å². The second kappa shape index (κ2) is 8.23. The number of methoxy groups -OCH3 is 1. The average Bonchev–Trinajstić information content (AvgIpc) is 2.92. The van der Waals surface area contributed by atoms with Crippen molar-refractivity contribution >= 4 is 63.2 Å². The zero-order valence-electron chi connectivity index (χ0n) is 14.8. The number of aromatic hydroxyl groups is 1. The van der Waals surface area contributed by atoms with Crippen molar-refractivity contribution in [3.05, 3.63) is 56.0 Å². The summed E-state index contributed by atoms with van der Waals surface area (Å²) in [6.07, 6.45) is 1.70. The van der Waals surface area contributed by atoms with Crippen molar-refractivity contribution in [3.63, 3.8) is 0 Å². The number of benzene rings is 2. The number of thioether (sulfide) groups is 1. The Balaban J connectivity index is 1.94. The number of carboxylic acids is 1. The number of nitrogens with zero attached hydrogens (tertiary/aromatic N) is 2. The average molecular weight is 510 g/mol. The molecule has 144 valence electrons. The molecule has 28 heavy (non-hydrogen) atoms. The molecule has 9 heteroatoms. The first-order chi connectivity index (χ1) is 13.3. The molecule has 0 unspecified atom stereocenters. The minimum absolute atomic E-state index is 0.0494. The number of amides is 1. The predicted octanol–water partition coefficient (Wildman–Crippen LogP) is 3.94. The van der Waals surface area contributed by atoms with Gasteiger partial charge < -0.3 is 14.9 Å². The Morgan fingerprint density at radius 1 is 1.32 bits per heavy atom. The number of likely N-dealkylation sites (N-methyl/N-ethyl adjacent to an activating group) is 1. The van der Waals surface area contributed by atoms with Crippen molar-refractivity contribution < 1.29 is 24.5 Å². The smallest absolute Gasteiger partial charge is 0.335 e. The molecule has 7 nitrogen and oxygen atoms in total. The van der Waals surface area contributed by atoms with Crippen LogP contribution in [0, 0.1) is 3.57 Å². The molecule has 1 aliphatic heterocycles. The Bertz CT molecular complexity index is 1030. The number of carboxylic acid groups (broad SMARTS) is 1. The van der Waals surface area contributed by atoms with Gasteiger partial charge >= 0.3 is 5.97 Å². The molecular formula is C19H15IN2O5S. The van der Waals surface area contributed by atoms with E-state index in [-0.39, 0.29) is 17.2 Å². The zero-order valence-corrected chi connectivity index (χ0v) is 17.8. The van der Waals surface area contributed by atoms with Crippen molar-refractivity contribution in [1.29, 1.82) is 0 Å². The highest BCUT2D eigenvalue weighted by molar-refractivity contribution is 14.1. The zero-order chi connectivity index (χ0) is 20.4. The van der Waals surface area contributed by atoms with Crippen LogP contribution in [0.3, 0.4) is 0 Å². The van der Waals surface area contributed by atoms with Crippen LogP contribution in [-0.2, 0) is 4.79 Å². The third kappa shape index (κ3) is 4.14. The van der Waals surface area contributed by atoms with Crippen molar-refractivity contribution in [1.82, 2.24) is 4.90 Å². The van der Waals surface area contributed by atoms with Gasteiger partial charge in [-0.15, -0.1) is 0 Å². The molecule has 0 saturated carbocycles. The molecule has 2 aromatic carbocycles. The largest absolute Gasteiger partial charge is 0.504 e. The highest BCUT2D eigenvalue weighted by Crippen LogP contribution is 2.36. The molecule has 1 fully saturated rings. The number of amidine groups is 1. The first-order valence-corrected chi connectivity index (χ1v) is 9.86. The van der Waals surface area contributed by atoms with Gasteiger partial charge in [-0.05, 0) is 76.3 Å². The highest BCUT2D eigenvalue weighted by Gasteiger charge is 2.30. The Morgan fingerprint density at radius 2 is 2.07 bits per heavy atom. The van der Waals surface area contributed by atoms with E-state index >= 15 is 0 Å². The number of carbonyl (C=O) groups is 2. The van der Waals surface area contributed by atoms with Crippen LogP contribution >= 0.6 is 34.4 Å². The van der Waals surface area contributed by atoms with Crippen molar-refractivity contribution in [2.45, 2.75) is 0 Å². The molecule has 2 aromatic rings. The van der Waals surface area contributed by atoms with E-state index in [0.717, 1.165) is 0 Å². The molecule has 1 aliphatic rings. The number of hydrogen-bond donors (Lipinski definition) is 2. The molecular weight excluding hydrogens is 495 g/mol. The summed E-state index contributed by atoms with van der Waals surface area (Å²) in [5.41, 5.74) is 1.28. The highest BCUT2D eigenvalue weighted by atomic mass is 127. The van der Waals surface area contributed by atoms with Crippen LogP contribution in [0.2, 0.25) is 0 Å². The van der Waals surface area contributed by atoms with E-state index in [1.807, 2.05) is 22.6 Å². The minimum atomic E-state index is -1.04. The van der Waals surface area contributed by atoms with Gasteiger partial charge in [-0.25, -0.2) is 9.79 Å². The van der Waals surface area contributed by atoms with Gasteiger partial charge in [0, 0.05) is 7.05 Å². The van der Waals surface area contributed by atoms with Crippen LogP contribution in [0.25, 0.3) is 6.08 Å². The lowest BCUT2D eigenvalue weighted by Crippen LogP contribution is -2.23. The SMILES string of the molecule is COc1cc(/C=C2\SC(=Nc3cccc(C(=O)O)c3)N(C)C2=O)cc(I)c1O. The summed E-state index contributed by atoms with van der Waals surface area (Å²) in [7, 11) is 3.07. The van der Waals surface area contributed by atoms with E-state index < -0.39 is 5.97 Å². The summed E-state index contributed by atoms with van der Waals surface area (Å²) in [5.74, 6) is -0.891. The molecule has 1 saturated heterocycles. The summed E-state index contributed by atoms with van der Waals surface area (Å²) < 4.78 is 5.76. The van der Waals surface area contributed by atoms with E-state index in [0.29, 0.717) is 30.6 Å². The lowest BCUT2D eigenvalue weighted by atomic mass is 10.2. The summed E-state index contributed by atoms with van der Waals surface area (Å²) >= 11 is 3.18. The van der Waals surface area contributed by atoms with E-state index in [9.17, 15) is 14.7 Å². The molecule has 0 aliphatic carbocycles. The number of ether oxygens (including phenoxy) is 1. The maximum atomic E-state index is 12.6. The van der Waals surface area contributed by atoms with Gasteiger partial charge in [0.1, 0.15) is 0 Å². The maximum Gasteiger partial charge on any atom is 0.335 e. The number of aromatic carboxylic acids is 1. The molecule has 2 N–H and O–H groups in total. The van der Waals surface area contributed by atoms with Gasteiger partial charge in [0.05, 0.1) is 26.8 Å². The molecule has 0 aromatic heterocycles. The third-order valence-corrected chi connectivity index (χ3v) is 5.77. The lowest BCUT2D eigenvalue weighted by Gasteiger charge is -2.07. The number of carbonyl (C=O) groups excluding carboxylic acids is 1. The summed E-state index contributed by atoms with van der Waals surface area (Å²) in [6.45, 7) is 0. The normalized spacial score (nSPS) is 16.8. The van der Waals surface area contributed by atoms with E-state index in [4.69, 9.17) is 9.84 Å². The molecule has 0 spiro atoms. The first-order valence-electron chi connectivity index (χ1n) is 7.96. The van der Waals surface area contributed by atoms with Crippen molar-refractivity contribution in [2.75, 3.05) is 14.2 Å². The van der Waals surface area contributed by atoms with Crippen LogP contribution in [0.15, 0.2) is 46.3 Å². The number of phenols is 1. The summed E-state index contributed by atoms with van der Waals surface area (Å²) in [4.78, 5) is 30.0. The quantitative estimate of drug-likeness (QED) is 0.478. The summed E-state index contributed by atoms with van der Waals surface area (Å²) in [5, 5.41) is 19.5. The van der Waals surface area contributed by atoms with Gasteiger partial charge in [-0.2, -0.15) is 0 Å². The topological polar surface area (TPSA) is 99.4 Å². The molecule has 0 bridgehead atoms. The van der Waals surface area contributed by atoms with Gasteiger partial charge in [-0.3, -0.25) is 9.69 Å². The Hall–Kier alpha value is -2.53. The van der Waals surface area contributed by atoms with Crippen LogP contribution in [0.4, 0.5) is 5.69 Å². The molecule has 1 heterocycles. The third-order valence-electron chi connectivity index (χ3n) is 3.89. The van der Waals surface area contributed by atoms with Gasteiger partial charge in [-0.1, -0.05) is 6.07 Å². The first kappa shape index (κ1) is 20.2. The standard InChI is InChI=1S/C19H15IN2O5S/c1-22-17(24)15(8-10-6-13(20)16(23)14(7-10)27-2)28-19(22)21-12-5-3-4-11(9-12)18(25)26/h3-9,23H,1-2H3,(H,25,26)/b15-8-,21-19?. The predicted molar refractivity (Wildman–Crippen MR) is 116 cm³/mol. The molecule has 1 amide bonds. The minimum Gasteiger partial charge on any atom is -0.504 e. The van der Waals surface area contributed by atoms with Crippen LogP contribution in [-0.4, -0.2) is 46.3 Å². The second-order valence-electron chi connectivity index (χ2n) is 5.78. The van der Waals surface area contributed by atoms with Crippen molar-refractivity contribution in [3.8, 4) is 11.5 Å². The molecule has 0 radical (unpaired) electrons. The van der Waals surface area contributed by atoms with Crippen LogP contribution in [0.5, 0.6) is 11.5 Å². The van der Waals surface area contributed by atoms with E-state index in [1.54, 1.807) is 37.4 Å². The number of phenolic OH excluding ortho intramolecular Hbond substituents is 1. The number of halogens is 1. The van der Waals surface area contributed by atoms with E-state index in [1.165, 1.54) is 35.9 Å². The monoisotopic (exact) mass is 510 g/mol. The van der Waals surface area contributed by atoms with Gasteiger partial charge in [0.25, 0.3) is 5.91 Å². The number of hydrogen-bond acceptors (Lipinski definition) is 6. The van der Waals surface area contributed by atoms with Gasteiger partial charge in [0.15, 0.2) is 16.7 Å². The van der Waals surface area contributed by atoms with Crippen LogP contribution in [0.1, 0.15) is 15.9 Å². The Kier molecular flexibility index (Phi) is 5.94. The van der Waals surface area contributed by atoms with Crippen molar-refractivity contribution in [2.24, 2.45) is 4.99 Å².